The van der Waals surface area contributed by atoms with E-state index in [0.29, 0.717) is 47.7 Å². The third-order valence-corrected chi connectivity index (χ3v) is 11.8. The molecule has 3 heterocycles. The van der Waals surface area contributed by atoms with Crippen molar-refractivity contribution in [2.45, 2.75) is 102 Å². The smallest absolute Gasteiger partial charge is 0.410 e. The number of nitrogens with one attached hydrogen (secondary N) is 2. The van der Waals surface area contributed by atoms with Crippen LogP contribution in [-0.2, 0) is 30.8 Å². The summed E-state index contributed by atoms with van der Waals surface area (Å²) in [5.74, 6) is -2.42. The highest BCUT2D eigenvalue weighted by Gasteiger charge is 2.45. The average molecular weight is 777 g/mol. The van der Waals surface area contributed by atoms with Crippen molar-refractivity contribution in [3.63, 3.8) is 0 Å². The number of aromatic nitrogens is 1. The zero-order valence-electron chi connectivity index (χ0n) is 31.4. The third-order valence-electron chi connectivity index (χ3n) is 11.1. The SMILES string of the molecule is CS(=O)(=O)N[C@H](CCC1CCCCC1)C(=O)N1C[C@H](OC(=O)N2CCCCC2)C[C@H]1C(=O)C[C@@H](Cc1cccc(C(=N)N)c1)C(=O)c1nc2ccccc2o1. The number of ketones is 2. The summed E-state index contributed by atoms with van der Waals surface area (Å²) in [5.41, 5.74) is 7.77. The Kier molecular flexibility index (Phi) is 13.0. The molecule has 4 N–H and O–H groups in total. The van der Waals surface area contributed by atoms with Crippen molar-refractivity contribution < 1.29 is 36.7 Å². The number of ether oxygens (including phenoxy) is 1. The van der Waals surface area contributed by atoms with Gasteiger partial charge in [-0.2, -0.15) is 0 Å². The first kappa shape index (κ1) is 40.0. The lowest BCUT2D eigenvalue weighted by Crippen LogP contribution is -2.52. The third kappa shape index (κ3) is 10.6. The predicted molar refractivity (Wildman–Crippen MR) is 206 cm³/mol. The van der Waals surface area contributed by atoms with Gasteiger partial charge in [0.05, 0.1) is 18.8 Å². The monoisotopic (exact) mass is 776 g/mol. The average Bonchev–Trinajstić information content (AvgIpc) is 3.81. The van der Waals surface area contributed by atoms with E-state index in [4.69, 9.17) is 20.3 Å². The second-order valence-corrected chi connectivity index (χ2v) is 17.1. The van der Waals surface area contributed by atoms with Crippen LogP contribution in [0.15, 0.2) is 52.9 Å². The van der Waals surface area contributed by atoms with Gasteiger partial charge in [0, 0.05) is 37.4 Å². The standard InChI is InChI=1S/C40H52N6O8S/c1-55(51,52)44-32(18-17-26-11-4-2-5-12-26)39(49)46-25-30(53-40(50)45-19-8-3-9-20-45)24-33(46)34(47)23-29(22-27-13-10-14-28(21-27)37(41)42)36(48)38-43-31-15-6-7-16-35(31)54-38/h6-7,10,13-16,21,26,29-30,32-33,44H,2-5,8-9,11-12,17-20,22-25H2,1H3,(H3,41,42)/t29-,30-,32-,33+/m1/s1. The van der Waals surface area contributed by atoms with Crippen molar-refractivity contribution >= 4 is 50.5 Å². The first-order chi connectivity index (χ1) is 26.3. The van der Waals surface area contributed by atoms with E-state index in [9.17, 15) is 27.6 Å². The molecule has 2 saturated heterocycles. The molecule has 1 aromatic heterocycles. The van der Waals surface area contributed by atoms with Gasteiger partial charge in [-0.25, -0.2) is 22.9 Å². The largest absolute Gasteiger partial charge is 0.444 e. The Bertz CT molecular complexity index is 1950. The summed E-state index contributed by atoms with van der Waals surface area (Å²) in [4.78, 5) is 63.8. The van der Waals surface area contributed by atoms with E-state index in [1.54, 1.807) is 53.4 Å². The molecule has 1 aliphatic carbocycles. The Morgan fingerprint density at radius 2 is 1.75 bits per heavy atom. The molecule has 14 nitrogen and oxygen atoms in total. The van der Waals surface area contributed by atoms with Crippen LogP contribution in [0.3, 0.4) is 0 Å². The fourth-order valence-electron chi connectivity index (χ4n) is 8.23. The number of para-hydroxylation sites is 2. The maximum absolute atomic E-state index is 14.5. The number of nitrogen functional groups attached to an aromatic ring is 1. The molecular formula is C40H52N6O8S. The Morgan fingerprint density at radius 1 is 1.02 bits per heavy atom. The number of amidine groups is 1. The number of rotatable bonds is 15. The van der Waals surface area contributed by atoms with E-state index in [2.05, 4.69) is 9.71 Å². The molecule has 0 bridgehead atoms. The van der Waals surface area contributed by atoms with Crippen LogP contribution >= 0.6 is 0 Å². The number of fused-ring (bicyclic) bond motifs is 1. The summed E-state index contributed by atoms with van der Waals surface area (Å²) in [6.07, 6.45) is 8.48. The number of oxazole rings is 1. The number of carbonyl (C=O) groups excluding carboxylic acids is 4. The molecule has 296 valence electrons. The highest BCUT2D eigenvalue weighted by atomic mass is 32.2. The van der Waals surface area contributed by atoms with Crippen LogP contribution in [0.1, 0.15) is 98.9 Å². The van der Waals surface area contributed by atoms with Gasteiger partial charge in [-0.15, -0.1) is 0 Å². The van der Waals surface area contributed by atoms with Crippen LogP contribution in [0.4, 0.5) is 4.79 Å². The fraction of sp³-hybridized carbons (Fsp3) is 0.550. The highest BCUT2D eigenvalue weighted by molar-refractivity contribution is 7.88. The Labute approximate surface area is 322 Å². The summed E-state index contributed by atoms with van der Waals surface area (Å²) in [6.45, 7) is 1.02. The number of nitrogens with zero attached hydrogens (tertiary/aromatic N) is 3. The van der Waals surface area contributed by atoms with Gasteiger partial charge in [0.2, 0.25) is 21.7 Å². The molecule has 3 fully saturated rings. The first-order valence-electron chi connectivity index (χ1n) is 19.4. The maximum Gasteiger partial charge on any atom is 0.410 e. The van der Waals surface area contributed by atoms with Crippen molar-refractivity contribution in [2.24, 2.45) is 17.6 Å². The van der Waals surface area contributed by atoms with Crippen LogP contribution in [0, 0.1) is 17.2 Å². The number of piperidine rings is 1. The zero-order chi connectivity index (χ0) is 39.1. The number of amides is 2. The molecule has 3 aliphatic rings. The molecular weight excluding hydrogens is 725 g/mol. The molecule has 55 heavy (non-hydrogen) atoms. The van der Waals surface area contributed by atoms with Crippen LogP contribution in [0.2, 0.25) is 0 Å². The number of Topliss-reactive ketones (excluding diaryl/α,β-unsaturated/α-hetero) is 2. The molecule has 2 aliphatic heterocycles. The zero-order valence-corrected chi connectivity index (χ0v) is 32.2. The molecule has 0 radical (unpaired) electrons. The molecule has 2 amide bonds. The molecule has 2 aromatic carbocycles. The minimum absolute atomic E-state index is 0.00198. The minimum atomic E-state index is -3.81. The quantitative estimate of drug-likeness (QED) is 0.107. The van der Waals surface area contributed by atoms with E-state index in [1.807, 2.05) is 0 Å². The molecule has 0 spiro atoms. The molecule has 4 atom stereocenters. The summed E-state index contributed by atoms with van der Waals surface area (Å²) in [7, 11) is -3.81. The molecule has 6 rings (SSSR count). The van der Waals surface area contributed by atoms with Crippen molar-refractivity contribution in [3.8, 4) is 0 Å². The van der Waals surface area contributed by atoms with Crippen molar-refractivity contribution in [1.82, 2.24) is 19.5 Å². The van der Waals surface area contributed by atoms with Crippen molar-refractivity contribution in [2.75, 3.05) is 25.9 Å². The minimum Gasteiger partial charge on any atom is -0.444 e. The molecule has 1 saturated carbocycles. The van der Waals surface area contributed by atoms with E-state index in [0.717, 1.165) is 57.6 Å². The lowest BCUT2D eigenvalue weighted by Gasteiger charge is -2.30. The van der Waals surface area contributed by atoms with Crippen molar-refractivity contribution in [1.29, 1.82) is 5.41 Å². The summed E-state index contributed by atoms with van der Waals surface area (Å²) in [5, 5.41) is 7.91. The van der Waals surface area contributed by atoms with Crippen LogP contribution in [0.25, 0.3) is 11.1 Å². The normalized spacial score (nSPS) is 20.6. The number of hydrogen-bond acceptors (Lipinski definition) is 10. The highest BCUT2D eigenvalue weighted by Crippen LogP contribution is 2.31. The van der Waals surface area contributed by atoms with Crippen LogP contribution in [-0.4, -0.2) is 96.7 Å². The Balaban J connectivity index is 1.28. The second-order valence-electron chi connectivity index (χ2n) is 15.4. The number of benzene rings is 2. The lowest BCUT2D eigenvalue weighted by molar-refractivity contribution is -0.139. The predicted octanol–water partition coefficient (Wildman–Crippen LogP) is 4.98. The van der Waals surface area contributed by atoms with Gasteiger partial charge in [-0.1, -0.05) is 62.4 Å². The van der Waals surface area contributed by atoms with E-state index < -0.39 is 57.7 Å². The summed E-state index contributed by atoms with van der Waals surface area (Å²) >= 11 is 0. The Morgan fingerprint density at radius 3 is 2.45 bits per heavy atom. The number of likely N-dealkylation sites (tertiary alicyclic amines) is 2. The van der Waals surface area contributed by atoms with Gasteiger partial charge in [-0.3, -0.25) is 19.8 Å². The van der Waals surface area contributed by atoms with Crippen molar-refractivity contribution in [3.05, 3.63) is 65.5 Å². The molecule has 15 heteroatoms. The van der Waals surface area contributed by atoms with E-state index in [-0.39, 0.29) is 44.0 Å². The molecule has 0 unspecified atom stereocenters. The number of carbonyl (C=O) groups is 4. The van der Waals surface area contributed by atoms with Gasteiger partial charge in [0.1, 0.15) is 23.5 Å². The van der Waals surface area contributed by atoms with Gasteiger partial charge in [0.15, 0.2) is 11.4 Å². The second kappa shape index (κ2) is 17.9. The number of sulfonamides is 1. The van der Waals surface area contributed by atoms with Crippen LogP contribution < -0.4 is 10.5 Å². The topological polar surface area (TPSA) is 206 Å². The maximum atomic E-state index is 14.5. The van der Waals surface area contributed by atoms with Gasteiger partial charge < -0.3 is 24.7 Å². The fourth-order valence-corrected chi connectivity index (χ4v) is 8.97. The summed E-state index contributed by atoms with van der Waals surface area (Å²) < 4.78 is 39.4. The van der Waals surface area contributed by atoms with E-state index in [1.165, 1.54) is 4.90 Å². The van der Waals surface area contributed by atoms with Gasteiger partial charge in [-0.05, 0) is 68.2 Å². The lowest BCUT2D eigenvalue weighted by atomic mass is 9.85. The first-order valence-corrected chi connectivity index (χ1v) is 21.3. The number of hydrogen-bond donors (Lipinski definition) is 3. The van der Waals surface area contributed by atoms with E-state index >= 15 is 0 Å². The number of nitrogens with two attached hydrogens (primary N) is 1. The van der Waals surface area contributed by atoms with Crippen LogP contribution in [0.5, 0.6) is 0 Å². The molecule has 3 aromatic rings. The van der Waals surface area contributed by atoms with Gasteiger partial charge >= 0.3 is 6.09 Å². The Hall–Kier alpha value is -4.63. The summed E-state index contributed by atoms with van der Waals surface area (Å²) in [6, 6.07) is 11.6. The van der Waals surface area contributed by atoms with Gasteiger partial charge in [0.25, 0.3) is 5.89 Å².